The van der Waals surface area contributed by atoms with Crippen LogP contribution >= 0.6 is 0 Å². The molecule has 1 aromatic rings. The second-order valence-electron chi connectivity index (χ2n) is 3.69. The van der Waals surface area contributed by atoms with E-state index in [9.17, 15) is 8.42 Å². The van der Waals surface area contributed by atoms with Gasteiger partial charge in [-0.3, -0.25) is 0 Å². The molecule has 5 heteroatoms. The molecule has 0 aliphatic heterocycles. The molecule has 86 valence electrons. The van der Waals surface area contributed by atoms with E-state index in [1.165, 1.54) is 0 Å². The van der Waals surface area contributed by atoms with Crippen molar-refractivity contribution in [3.63, 3.8) is 0 Å². The summed E-state index contributed by atoms with van der Waals surface area (Å²) >= 11 is 0. The first-order valence-corrected chi connectivity index (χ1v) is 7.20. The van der Waals surface area contributed by atoms with Gasteiger partial charge >= 0.3 is 0 Å². The summed E-state index contributed by atoms with van der Waals surface area (Å²) < 4.78 is 28.3. The molecule has 0 aliphatic rings. The maximum Gasteiger partial charge on any atom is 0.289 e. The zero-order valence-electron chi connectivity index (χ0n) is 9.52. The quantitative estimate of drug-likeness (QED) is 0.774. The SMILES string of the molecule is CC(C)=C[Si]OS(=O)(=O)c1ccc(C)cc1. The predicted octanol–water partition coefficient (Wildman–Crippen LogP) is 2.24. The summed E-state index contributed by atoms with van der Waals surface area (Å²) in [6.45, 7) is 5.70. The average Bonchev–Trinajstić information content (AvgIpc) is 2.17. The van der Waals surface area contributed by atoms with E-state index in [0.29, 0.717) is 0 Å². The first kappa shape index (κ1) is 13.2. The number of allylic oxidation sites excluding steroid dienone is 1. The van der Waals surface area contributed by atoms with Crippen LogP contribution in [0.4, 0.5) is 0 Å². The van der Waals surface area contributed by atoms with Crippen LogP contribution in [0.5, 0.6) is 0 Å². The van der Waals surface area contributed by atoms with E-state index in [4.69, 9.17) is 3.87 Å². The Bertz CT molecular complexity index is 470. The largest absolute Gasteiger partial charge is 0.307 e. The average molecular weight is 254 g/mol. The summed E-state index contributed by atoms with van der Waals surface area (Å²) in [5.41, 5.74) is 3.81. The first-order valence-electron chi connectivity index (χ1n) is 4.81. The van der Waals surface area contributed by atoms with Gasteiger partial charge in [-0.05, 0) is 32.9 Å². The van der Waals surface area contributed by atoms with Gasteiger partial charge in [0.2, 0.25) is 0 Å². The molecular formula is C11H14O3SSi. The monoisotopic (exact) mass is 254 g/mol. The van der Waals surface area contributed by atoms with Crippen LogP contribution in [0.15, 0.2) is 40.4 Å². The summed E-state index contributed by atoms with van der Waals surface area (Å²) in [6, 6.07) is 6.61. The highest BCUT2D eigenvalue weighted by Crippen LogP contribution is 2.12. The van der Waals surface area contributed by atoms with Crippen molar-refractivity contribution in [2.75, 3.05) is 0 Å². The minimum atomic E-state index is -3.60. The van der Waals surface area contributed by atoms with Crippen molar-refractivity contribution in [3.8, 4) is 0 Å². The molecule has 1 aromatic carbocycles. The molecule has 1 rings (SSSR count). The van der Waals surface area contributed by atoms with Crippen LogP contribution in [0.3, 0.4) is 0 Å². The molecule has 0 spiro atoms. The molecule has 0 saturated heterocycles. The van der Waals surface area contributed by atoms with E-state index >= 15 is 0 Å². The van der Waals surface area contributed by atoms with Gasteiger partial charge < -0.3 is 3.87 Å². The number of rotatable bonds is 4. The van der Waals surface area contributed by atoms with Crippen molar-refractivity contribution < 1.29 is 12.3 Å². The standard InChI is InChI=1S/C11H14O3SSi/c1-9(2)8-16-14-15(12,13)11-6-4-10(3)5-7-11/h4-8H,1-3H3. The molecule has 0 aromatic heterocycles. The molecule has 0 aliphatic carbocycles. The Morgan fingerprint density at radius 2 is 1.81 bits per heavy atom. The van der Waals surface area contributed by atoms with E-state index in [1.54, 1.807) is 30.0 Å². The van der Waals surface area contributed by atoms with Crippen molar-refractivity contribution >= 4 is 19.9 Å². The zero-order valence-corrected chi connectivity index (χ0v) is 11.3. The third kappa shape index (κ3) is 3.92. The van der Waals surface area contributed by atoms with E-state index in [2.05, 4.69) is 0 Å². The zero-order chi connectivity index (χ0) is 12.2. The molecule has 0 amide bonds. The van der Waals surface area contributed by atoms with E-state index in [1.807, 2.05) is 20.8 Å². The molecule has 0 unspecified atom stereocenters. The maximum atomic E-state index is 11.7. The van der Waals surface area contributed by atoms with Crippen molar-refractivity contribution in [3.05, 3.63) is 41.1 Å². The molecule has 0 saturated carbocycles. The Kier molecular flexibility index (Phi) is 4.46. The summed E-state index contributed by atoms with van der Waals surface area (Å²) in [5, 5.41) is 0. The molecule has 0 heterocycles. The molecular weight excluding hydrogens is 240 g/mol. The van der Waals surface area contributed by atoms with Crippen LogP contribution in [-0.2, 0) is 14.0 Å². The minimum Gasteiger partial charge on any atom is -0.307 e. The maximum absolute atomic E-state index is 11.7. The Labute approximate surface area is 99.2 Å². The molecule has 16 heavy (non-hydrogen) atoms. The fourth-order valence-corrected chi connectivity index (χ4v) is 2.75. The second kappa shape index (κ2) is 5.43. The smallest absolute Gasteiger partial charge is 0.289 e. The minimum absolute atomic E-state index is 0.163. The van der Waals surface area contributed by atoms with Crippen LogP contribution in [0.25, 0.3) is 0 Å². The first-order chi connectivity index (χ1) is 7.42. The topological polar surface area (TPSA) is 43.4 Å². The van der Waals surface area contributed by atoms with Crippen LogP contribution in [0.1, 0.15) is 19.4 Å². The third-order valence-electron chi connectivity index (χ3n) is 1.82. The lowest BCUT2D eigenvalue weighted by Gasteiger charge is -2.03. The third-order valence-corrected chi connectivity index (χ3v) is 4.62. The number of hydrogen-bond donors (Lipinski definition) is 0. The molecule has 0 bridgehead atoms. The lowest BCUT2D eigenvalue weighted by molar-refractivity contribution is 0.503. The number of benzene rings is 1. The van der Waals surface area contributed by atoms with Gasteiger partial charge in [0.15, 0.2) is 0 Å². The lowest BCUT2D eigenvalue weighted by Crippen LogP contribution is -2.08. The van der Waals surface area contributed by atoms with Gasteiger partial charge in [-0.2, -0.15) is 8.42 Å². The summed E-state index contributed by atoms with van der Waals surface area (Å²) in [4.78, 5) is 0.202. The van der Waals surface area contributed by atoms with E-state index < -0.39 is 10.1 Å². The van der Waals surface area contributed by atoms with Crippen LogP contribution in [-0.4, -0.2) is 18.2 Å². The highest BCUT2D eigenvalue weighted by molar-refractivity contribution is 7.87. The molecule has 3 nitrogen and oxygen atoms in total. The van der Waals surface area contributed by atoms with Crippen molar-refractivity contribution in [1.82, 2.24) is 0 Å². The fourth-order valence-electron chi connectivity index (χ4n) is 0.958. The van der Waals surface area contributed by atoms with Crippen LogP contribution < -0.4 is 0 Å². The van der Waals surface area contributed by atoms with Gasteiger partial charge in [-0.1, -0.05) is 29.0 Å². The Hall–Kier alpha value is -0.913. The summed E-state index contributed by atoms with van der Waals surface area (Å²) in [7, 11) is -3.77. The van der Waals surface area contributed by atoms with E-state index in [0.717, 1.165) is 11.1 Å². The van der Waals surface area contributed by atoms with Crippen LogP contribution in [0, 0.1) is 6.92 Å². The molecule has 0 fully saturated rings. The van der Waals surface area contributed by atoms with Gasteiger partial charge in [-0.15, -0.1) is 0 Å². The lowest BCUT2D eigenvalue weighted by atomic mass is 10.2. The van der Waals surface area contributed by atoms with Crippen molar-refractivity contribution in [1.29, 1.82) is 0 Å². The Morgan fingerprint density at radius 3 is 2.31 bits per heavy atom. The van der Waals surface area contributed by atoms with Gasteiger partial charge in [-0.25, -0.2) is 0 Å². The van der Waals surface area contributed by atoms with Gasteiger partial charge in [0.25, 0.3) is 19.9 Å². The van der Waals surface area contributed by atoms with Crippen molar-refractivity contribution in [2.24, 2.45) is 0 Å². The number of hydrogen-bond acceptors (Lipinski definition) is 3. The predicted molar refractivity (Wildman–Crippen MR) is 64.6 cm³/mol. The summed E-state index contributed by atoms with van der Waals surface area (Å²) in [5.74, 6) is 0. The van der Waals surface area contributed by atoms with Crippen molar-refractivity contribution in [2.45, 2.75) is 25.7 Å². The van der Waals surface area contributed by atoms with E-state index in [-0.39, 0.29) is 14.7 Å². The summed E-state index contributed by atoms with van der Waals surface area (Å²) in [6.07, 6.45) is 0. The second-order valence-corrected chi connectivity index (χ2v) is 6.26. The van der Waals surface area contributed by atoms with Crippen LogP contribution in [0.2, 0.25) is 0 Å². The Balaban J connectivity index is 2.78. The van der Waals surface area contributed by atoms with Gasteiger partial charge in [0.05, 0.1) is 4.90 Å². The highest BCUT2D eigenvalue weighted by Gasteiger charge is 2.13. The fraction of sp³-hybridized carbons (Fsp3) is 0.273. The molecule has 2 radical (unpaired) electrons. The molecule has 0 N–H and O–H groups in total. The number of aryl methyl sites for hydroxylation is 1. The van der Waals surface area contributed by atoms with Gasteiger partial charge in [0.1, 0.15) is 0 Å². The van der Waals surface area contributed by atoms with Gasteiger partial charge in [0, 0.05) is 0 Å². The Morgan fingerprint density at radius 1 is 1.25 bits per heavy atom. The highest BCUT2D eigenvalue weighted by atomic mass is 32.2. The normalized spacial score (nSPS) is 11.2. The molecule has 0 atom stereocenters.